The fourth-order valence-corrected chi connectivity index (χ4v) is 2.07. The summed E-state index contributed by atoms with van der Waals surface area (Å²) in [5.74, 6) is 0.317. The third-order valence-corrected chi connectivity index (χ3v) is 3.04. The summed E-state index contributed by atoms with van der Waals surface area (Å²) in [5.41, 5.74) is 5.57. The van der Waals surface area contributed by atoms with Crippen LogP contribution in [-0.2, 0) is 0 Å². The molecule has 0 aromatic rings. The molecule has 14 heavy (non-hydrogen) atoms. The monoisotopic (exact) mass is 198 g/mol. The van der Waals surface area contributed by atoms with Gasteiger partial charge in [-0.2, -0.15) is 0 Å². The lowest BCUT2D eigenvalue weighted by Gasteiger charge is -2.38. The number of hydrogen-bond acceptors (Lipinski definition) is 3. The fraction of sp³-hybridized carbons (Fsp3) is 0.900. The van der Waals surface area contributed by atoms with E-state index in [1.807, 2.05) is 0 Å². The van der Waals surface area contributed by atoms with Crippen molar-refractivity contribution in [3.63, 3.8) is 0 Å². The molecule has 0 bridgehead atoms. The molecule has 0 radical (unpaired) electrons. The molecule has 1 fully saturated rings. The molecule has 0 saturated carbocycles. The van der Waals surface area contributed by atoms with Crippen LogP contribution in [0.3, 0.4) is 0 Å². The summed E-state index contributed by atoms with van der Waals surface area (Å²) in [6.45, 7) is 9.74. The van der Waals surface area contributed by atoms with Crippen LogP contribution >= 0.6 is 0 Å². The molecule has 82 valence electrons. The highest BCUT2D eigenvalue weighted by molar-refractivity contribution is 5.82. The first-order chi connectivity index (χ1) is 6.69. The normalized spacial score (nSPS) is 22.1. The molecular weight excluding hydrogens is 176 g/mol. The van der Waals surface area contributed by atoms with Crippen molar-refractivity contribution in [2.45, 2.75) is 26.3 Å². The lowest BCUT2D eigenvalue weighted by molar-refractivity contribution is 0.120. The molecule has 1 atom stereocenters. The van der Waals surface area contributed by atoms with E-state index in [9.17, 15) is 0 Å². The molecule has 1 unspecified atom stereocenters. The Kier molecular flexibility index (Phi) is 4.35. The summed E-state index contributed by atoms with van der Waals surface area (Å²) in [6.07, 6.45) is 0.946. The zero-order valence-electron chi connectivity index (χ0n) is 9.29. The highest BCUT2D eigenvalue weighted by Crippen LogP contribution is 2.08. The Labute approximate surface area is 86.6 Å². The first-order valence-electron chi connectivity index (χ1n) is 5.49. The van der Waals surface area contributed by atoms with Gasteiger partial charge in [-0.1, -0.05) is 13.8 Å². The van der Waals surface area contributed by atoms with Crippen LogP contribution in [-0.4, -0.2) is 54.4 Å². The van der Waals surface area contributed by atoms with E-state index in [1.54, 1.807) is 0 Å². The minimum Gasteiger partial charge on any atom is -0.386 e. The van der Waals surface area contributed by atoms with Gasteiger partial charge in [0.2, 0.25) is 0 Å². The fourth-order valence-electron chi connectivity index (χ4n) is 2.07. The van der Waals surface area contributed by atoms with Crippen molar-refractivity contribution in [2.75, 3.05) is 32.7 Å². The van der Waals surface area contributed by atoms with Crippen molar-refractivity contribution in [1.82, 2.24) is 9.80 Å². The SMILES string of the molecule is CCC(C(=N)N)N1CCN(CC)CC1. The van der Waals surface area contributed by atoms with E-state index in [4.69, 9.17) is 11.1 Å². The van der Waals surface area contributed by atoms with E-state index in [2.05, 4.69) is 23.6 Å². The Morgan fingerprint density at radius 1 is 1.29 bits per heavy atom. The number of amidine groups is 1. The first kappa shape index (κ1) is 11.5. The van der Waals surface area contributed by atoms with Crippen LogP contribution in [0.15, 0.2) is 0 Å². The van der Waals surface area contributed by atoms with Gasteiger partial charge in [-0.3, -0.25) is 10.3 Å². The van der Waals surface area contributed by atoms with Gasteiger partial charge < -0.3 is 10.6 Å². The summed E-state index contributed by atoms with van der Waals surface area (Å²) in [5, 5.41) is 7.51. The summed E-state index contributed by atoms with van der Waals surface area (Å²) in [7, 11) is 0. The Morgan fingerprint density at radius 2 is 1.86 bits per heavy atom. The minimum absolute atomic E-state index is 0.161. The van der Waals surface area contributed by atoms with Crippen LogP contribution in [0.4, 0.5) is 0 Å². The van der Waals surface area contributed by atoms with Gasteiger partial charge in [-0.25, -0.2) is 0 Å². The van der Waals surface area contributed by atoms with Crippen LogP contribution in [0.2, 0.25) is 0 Å². The summed E-state index contributed by atoms with van der Waals surface area (Å²) in [6, 6.07) is 0.161. The molecule has 4 nitrogen and oxygen atoms in total. The van der Waals surface area contributed by atoms with Gasteiger partial charge in [-0.05, 0) is 13.0 Å². The van der Waals surface area contributed by atoms with Crippen molar-refractivity contribution >= 4 is 5.84 Å². The topological polar surface area (TPSA) is 56.4 Å². The Morgan fingerprint density at radius 3 is 2.21 bits per heavy atom. The molecule has 1 rings (SSSR count). The summed E-state index contributed by atoms with van der Waals surface area (Å²) < 4.78 is 0. The highest BCUT2D eigenvalue weighted by atomic mass is 15.3. The standard InChI is InChI=1S/C10H22N4/c1-3-9(10(11)12)14-7-5-13(4-2)6-8-14/h9H,3-8H2,1-2H3,(H3,11,12). The molecule has 0 aromatic carbocycles. The maximum Gasteiger partial charge on any atom is 0.108 e. The lowest BCUT2D eigenvalue weighted by atomic mass is 10.1. The van der Waals surface area contributed by atoms with Gasteiger partial charge in [0.15, 0.2) is 0 Å². The molecular formula is C10H22N4. The van der Waals surface area contributed by atoms with Gasteiger partial charge in [0.05, 0.1) is 6.04 Å². The molecule has 0 aromatic heterocycles. The van der Waals surface area contributed by atoms with Crippen LogP contribution < -0.4 is 5.73 Å². The van der Waals surface area contributed by atoms with E-state index >= 15 is 0 Å². The lowest BCUT2D eigenvalue weighted by Crippen LogP contribution is -2.53. The Balaban J connectivity index is 2.43. The number of hydrogen-bond donors (Lipinski definition) is 2. The second-order valence-electron chi connectivity index (χ2n) is 3.85. The van der Waals surface area contributed by atoms with Gasteiger partial charge in [0.1, 0.15) is 5.84 Å². The molecule has 4 heteroatoms. The molecule has 0 amide bonds. The summed E-state index contributed by atoms with van der Waals surface area (Å²) >= 11 is 0. The smallest absolute Gasteiger partial charge is 0.108 e. The third kappa shape index (κ3) is 2.69. The number of nitrogens with zero attached hydrogens (tertiary/aromatic N) is 2. The van der Waals surface area contributed by atoms with Gasteiger partial charge >= 0.3 is 0 Å². The molecule has 3 N–H and O–H groups in total. The quantitative estimate of drug-likeness (QED) is 0.506. The first-order valence-corrected chi connectivity index (χ1v) is 5.49. The van der Waals surface area contributed by atoms with Gasteiger partial charge in [0.25, 0.3) is 0 Å². The van der Waals surface area contributed by atoms with Crippen LogP contribution in [0.25, 0.3) is 0 Å². The van der Waals surface area contributed by atoms with Crippen LogP contribution in [0, 0.1) is 5.41 Å². The number of rotatable bonds is 4. The number of piperazine rings is 1. The Hall–Kier alpha value is -0.610. The predicted octanol–water partition coefficient (Wildman–Crippen LogP) is 0.338. The summed E-state index contributed by atoms with van der Waals surface area (Å²) in [4.78, 5) is 4.76. The van der Waals surface area contributed by atoms with Crippen molar-refractivity contribution in [3.05, 3.63) is 0 Å². The van der Waals surface area contributed by atoms with E-state index in [-0.39, 0.29) is 6.04 Å². The number of nitrogens with two attached hydrogens (primary N) is 1. The van der Waals surface area contributed by atoms with Crippen LogP contribution in [0.1, 0.15) is 20.3 Å². The van der Waals surface area contributed by atoms with Gasteiger partial charge in [0, 0.05) is 26.2 Å². The zero-order chi connectivity index (χ0) is 10.6. The molecule has 1 heterocycles. The second-order valence-corrected chi connectivity index (χ2v) is 3.85. The average Bonchev–Trinajstić information content (AvgIpc) is 2.19. The van der Waals surface area contributed by atoms with Crippen molar-refractivity contribution in [3.8, 4) is 0 Å². The molecule has 1 saturated heterocycles. The number of likely N-dealkylation sites (N-methyl/N-ethyl adjacent to an activating group) is 1. The van der Waals surface area contributed by atoms with Crippen LogP contribution in [0.5, 0.6) is 0 Å². The van der Waals surface area contributed by atoms with E-state index in [1.165, 1.54) is 0 Å². The molecule has 1 aliphatic heterocycles. The van der Waals surface area contributed by atoms with E-state index in [0.29, 0.717) is 5.84 Å². The number of nitrogens with one attached hydrogen (secondary N) is 1. The maximum absolute atomic E-state index is 7.51. The predicted molar refractivity (Wildman–Crippen MR) is 59.7 cm³/mol. The largest absolute Gasteiger partial charge is 0.386 e. The highest BCUT2D eigenvalue weighted by Gasteiger charge is 2.23. The van der Waals surface area contributed by atoms with Gasteiger partial charge in [-0.15, -0.1) is 0 Å². The second kappa shape index (κ2) is 5.32. The molecule has 1 aliphatic rings. The van der Waals surface area contributed by atoms with Crippen molar-refractivity contribution in [2.24, 2.45) is 5.73 Å². The molecule has 0 aliphatic carbocycles. The third-order valence-electron chi connectivity index (χ3n) is 3.04. The van der Waals surface area contributed by atoms with Crippen molar-refractivity contribution in [1.29, 1.82) is 5.41 Å². The minimum atomic E-state index is 0.161. The van der Waals surface area contributed by atoms with Crippen molar-refractivity contribution < 1.29 is 0 Å². The molecule has 0 spiro atoms. The zero-order valence-corrected chi connectivity index (χ0v) is 9.29. The average molecular weight is 198 g/mol. The van der Waals surface area contributed by atoms with E-state index < -0.39 is 0 Å². The van der Waals surface area contributed by atoms with E-state index in [0.717, 1.165) is 39.1 Å². The Bertz CT molecular complexity index is 185. The maximum atomic E-state index is 7.51.